The highest BCUT2D eigenvalue weighted by molar-refractivity contribution is 7.99. The summed E-state index contributed by atoms with van der Waals surface area (Å²) in [5.41, 5.74) is 3.96. The number of thioether (sulfide) groups is 1. The molecule has 1 aliphatic rings. The number of benzene rings is 3. The predicted molar refractivity (Wildman–Crippen MR) is 174 cm³/mol. The fourth-order valence-corrected chi connectivity index (χ4v) is 6.53. The maximum Gasteiger partial charge on any atom is 0.306 e. The molecule has 1 saturated carbocycles. The van der Waals surface area contributed by atoms with Crippen LogP contribution in [0.2, 0.25) is 0 Å². The van der Waals surface area contributed by atoms with Crippen molar-refractivity contribution in [2.45, 2.75) is 107 Å². The second-order valence-electron chi connectivity index (χ2n) is 11.6. The summed E-state index contributed by atoms with van der Waals surface area (Å²) in [7, 11) is 0. The summed E-state index contributed by atoms with van der Waals surface area (Å²) in [6, 6.07) is 29.7. The van der Waals surface area contributed by atoms with Gasteiger partial charge in [-0.2, -0.15) is 0 Å². The topological polar surface area (TPSA) is 55.4 Å². The van der Waals surface area contributed by atoms with Crippen molar-refractivity contribution in [3.63, 3.8) is 0 Å². The Morgan fingerprint density at radius 2 is 1.38 bits per heavy atom. The summed E-state index contributed by atoms with van der Waals surface area (Å²) in [4.78, 5) is 26.6. The van der Waals surface area contributed by atoms with Crippen LogP contribution in [-0.4, -0.2) is 29.8 Å². The molecule has 0 heterocycles. The number of carbonyl (C=O) groups is 2. The van der Waals surface area contributed by atoms with E-state index in [-0.39, 0.29) is 24.0 Å². The largest absolute Gasteiger partial charge is 0.462 e. The molecule has 4 nitrogen and oxygen atoms in total. The number of hydrogen-bond donors (Lipinski definition) is 1. The van der Waals surface area contributed by atoms with E-state index in [1.807, 2.05) is 6.07 Å². The van der Waals surface area contributed by atoms with Crippen LogP contribution in [0.5, 0.6) is 0 Å². The molecule has 4 rings (SSSR count). The average Bonchev–Trinajstić information content (AvgIpc) is 3.02. The molecule has 224 valence electrons. The smallest absolute Gasteiger partial charge is 0.306 e. The van der Waals surface area contributed by atoms with Gasteiger partial charge in [0.25, 0.3) is 0 Å². The highest BCUT2D eigenvalue weighted by Gasteiger charge is 2.20. The van der Waals surface area contributed by atoms with Crippen LogP contribution in [0.3, 0.4) is 0 Å². The number of carbonyl (C=O) groups excluding carboxylic acids is 2. The van der Waals surface area contributed by atoms with E-state index in [1.54, 1.807) is 11.8 Å². The van der Waals surface area contributed by atoms with Crippen molar-refractivity contribution in [2.24, 2.45) is 0 Å². The van der Waals surface area contributed by atoms with Crippen molar-refractivity contribution in [3.05, 3.63) is 102 Å². The van der Waals surface area contributed by atoms with Crippen LogP contribution < -0.4 is 5.32 Å². The van der Waals surface area contributed by atoms with Crippen LogP contribution in [0.4, 0.5) is 0 Å². The first-order chi connectivity index (χ1) is 20.6. The van der Waals surface area contributed by atoms with E-state index in [1.165, 1.54) is 28.0 Å². The Bertz CT molecular complexity index is 1180. The predicted octanol–water partition coefficient (Wildman–Crippen LogP) is 8.70. The average molecular weight is 586 g/mol. The molecule has 0 radical (unpaired) electrons. The lowest BCUT2D eigenvalue weighted by atomic mass is 9.98. The number of ether oxygens (including phenoxy) is 1. The fourth-order valence-electron chi connectivity index (χ4n) is 5.56. The first-order valence-corrected chi connectivity index (χ1v) is 16.9. The van der Waals surface area contributed by atoms with E-state index in [0.717, 1.165) is 70.0 Å². The van der Waals surface area contributed by atoms with Crippen LogP contribution in [0.15, 0.2) is 89.8 Å². The Morgan fingerprint density at radius 1 is 0.738 bits per heavy atom. The van der Waals surface area contributed by atoms with Crippen molar-refractivity contribution in [2.75, 3.05) is 5.75 Å². The summed E-state index contributed by atoms with van der Waals surface area (Å²) in [5.74, 6) is 0.690. The van der Waals surface area contributed by atoms with Gasteiger partial charge in [-0.3, -0.25) is 9.59 Å². The molecular weight excluding hydrogens is 538 g/mol. The molecule has 1 aliphatic carbocycles. The van der Waals surface area contributed by atoms with Crippen LogP contribution in [0.25, 0.3) is 0 Å². The molecule has 0 aromatic heterocycles. The molecule has 42 heavy (non-hydrogen) atoms. The summed E-state index contributed by atoms with van der Waals surface area (Å²) in [6.45, 7) is 0. The van der Waals surface area contributed by atoms with E-state index in [2.05, 4.69) is 84.2 Å². The third-order valence-electron chi connectivity index (χ3n) is 8.00. The molecule has 0 spiro atoms. The monoisotopic (exact) mass is 585 g/mol. The minimum Gasteiger partial charge on any atom is -0.462 e. The van der Waals surface area contributed by atoms with E-state index < -0.39 is 0 Å². The normalized spacial score (nSPS) is 14.3. The highest BCUT2D eigenvalue weighted by atomic mass is 32.2. The molecule has 0 bridgehead atoms. The Hall–Kier alpha value is -3.05. The van der Waals surface area contributed by atoms with Crippen LogP contribution in [-0.2, 0) is 27.2 Å². The van der Waals surface area contributed by atoms with Gasteiger partial charge in [-0.1, -0.05) is 92.1 Å². The number of esters is 1. The Balaban J connectivity index is 1.21. The maximum absolute atomic E-state index is 12.9. The van der Waals surface area contributed by atoms with E-state index >= 15 is 0 Å². The van der Waals surface area contributed by atoms with E-state index in [4.69, 9.17) is 4.74 Å². The molecule has 1 N–H and O–H groups in total. The molecule has 0 aliphatic heterocycles. The molecule has 3 aromatic carbocycles. The first kappa shape index (κ1) is 31.9. The third-order valence-corrected chi connectivity index (χ3v) is 9.17. The lowest BCUT2D eigenvalue weighted by Gasteiger charge is -2.23. The van der Waals surface area contributed by atoms with Gasteiger partial charge in [0.2, 0.25) is 5.91 Å². The zero-order valence-corrected chi connectivity index (χ0v) is 25.8. The second kappa shape index (κ2) is 18.5. The van der Waals surface area contributed by atoms with Gasteiger partial charge in [-0.25, -0.2) is 0 Å². The Morgan fingerprint density at radius 3 is 2.10 bits per heavy atom. The van der Waals surface area contributed by atoms with Crippen molar-refractivity contribution in [1.29, 1.82) is 0 Å². The number of nitrogens with one attached hydrogen (secondary N) is 1. The molecular formula is C37H47NO3S. The van der Waals surface area contributed by atoms with Gasteiger partial charge in [0.05, 0.1) is 0 Å². The summed E-state index contributed by atoms with van der Waals surface area (Å²) >= 11 is 1.74. The van der Waals surface area contributed by atoms with Crippen LogP contribution in [0, 0.1) is 0 Å². The summed E-state index contributed by atoms with van der Waals surface area (Å²) in [6.07, 6.45) is 13.3. The SMILES string of the molecule is O=C(CCCCCCc1ccccc1)NC(CCC(=O)OC1CCCCC1)CSc1ccc(Cc2ccccc2)cc1. The van der Waals surface area contributed by atoms with Gasteiger partial charge in [-0.05, 0) is 86.6 Å². The Labute approximate surface area is 257 Å². The van der Waals surface area contributed by atoms with Crippen molar-refractivity contribution >= 4 is 23.6 Å². The quantitative estimate of drug-likeness (QED) is 0.0978. The van der Waals surface area contributed by atoms with Crippen molar-refractivity contribution in [1.82, 2.24) is 5.32 Å². The number of unbranched alkanes of at least 4 members (excludes halogenated alkanes) is 3. The number of rotatable bonds is 17. The van der Waals surface area contributed by atoms with Crippen molar-refractivity contribution in [3.8, 4) is 0 Å². The molecule has 5 heteroatoms. The van der Waals surface area contributed by atoms with Gasteiger partial charge < -0.3 is 10.1 Å². The lowest BCUT2D eigenvalue weighted by molar-refractivity contribution is -0.150. The minimum atomic E-state index is -0.130. The van der Waals surface area contributed by atoms with Gasteiger partial charge in [0, 0.05) is 29.5 Å². The molecule has 1 fully saturated rings. The van der Waals surface area contributed by atoms with Crippen LogP contribution in [0.1, 0.15) is 93.7 Å². The van der Waals surface area contributed by atoms with Gasteiger partial charge in [0.15, 0.2) is 0 Å². The van der Waals surface area contributed by atoms with Crippen LogP contribution >= 0.6 is 11.8 Å². The first-order valence-electron chi connectivity index (χ1n) is 15.9. The van der Waals surface area contributed by atoms with E-state index in [0.29, 0.717) is 19.3 Å². The maximum atomic E-state index is 12.9. The number of aryl methyl sites for hydroxylation is 1. The molecule has 1 atom stereocenters. The Kier molecular flexibility index (Phi) is 14.0. The molecule has 1 amide bonds. The fraction of sp³-hybridized carbons (Fsp3) is 0.459. The highest BCUT2D eigenvalue weighted by Crippen LogP contribution is 2.23. The number of hydrogen-bond acceptors (Lipinski definition) is 4. The second-order valence-corrected chi connectivity index (χ2v) is 12.7. The van der Waals surface area contributed by atoms with Gasteiger partial charge in [-0.15, -0.1) is 11.8 Å². The molecule has 3 aromatic rings. The van der Waals surface area contributed by atoms with Gasteiger partial charge >= 0.3 is 5.97 Å². The van der Waals surface area contributed by atoms with E-state index in [9.17, 15) is 9.59 Å². The summed E-state index contributed by atoms with van der Waals surface area (Å²) in [5, 5.41) is 3.24. The third kappa shape index (κ3) is 12.4. The van der Waals surface area contributed by atoms with Crippen molar-refractivity contribution < 1.29 is 14.3 Å². The number of amides is 1. The molecule has 0 saturated heterocycles. The minimum absolute atomic E-state index is 0.0662. The standard InChI is InChI=1S/C37H47NO3S/c39-36(21-13-2-1-6-14-30-15-7-3-8-16-30)38-33(24-27-37(40)41-34-19-11-5-12-20-34)29-42-35-25-22-32(23-26-35)28-31-17-9-4-10-18-31/h3-4,7-10,15-18,22-23,25-26,33-34H,1-2,5-6,11-14,19-21,24,27-29H2,(H,38,39). The zero-order chi connectivity index (χ0) is 29.2. The summed E-state index contributed by atoms with van der Waals surface area (Å²) < 4.78 is 5.75. The van der Waals surface area contributed by atoms with Gasteiger partial charge in [0.1, 0.15) is 6.10 Å². The lowest BCUT2D eigenvalue weighted by Crippen LogP contribution is -2.37. The molecule has 1 unspecified atom stereocenters. The zero-order valence-electron chi connectivity index (χ0n) is 25.0.